The van der Waals surface area contributed by atoms with Gasteiger partial charge in [0.05, 0.1) is 11.1 Å². The van der Waals surface area contributed by atoms with Crippen LogP contribution in [0.1, 0.15) is 58.5 Å². The average Bonchev–Trinajstić information content (AvgIpc) is 2.86. The summed E-state index contributed by atoms with van der Waals surface area (Å²) in [7, 11) is 0. The molecule has 0 bridgehead atoms. The van der Waals surface area contributed by atoms with E-state index in [1.165, 1.54) is 0 Å². The molecule has 7 nitrogen and oxygen atoms in total. The van der Waals surface area contributed by atoms with Gasteiger partial charge in [-0.3, -0.25) is 29.0 Å². The number of imide groups is 2. The van der Waals surface area contributed by atoms with Gasteiger partial charge in [-0.05, 0) is 36.5 Å². The Morgan fingerprint density at radius 2 is 1.80 bits per heavy atom. The minimum Gasteiger partial charge on any atom is -0.376 e. The second-order valence-corrected chi connectivity index (χ2v) is 6.17. The molecule has 0 aliphatic carbocycles. The molecule has 1 fully saturated rings. The number of benzene rings is 1. The fraction of sp³-hybridized carbons (Fsp3) is 0.444. The van der Waals surface area contributed by atoms with Gasteiger partial charge in [0.1, 0.15) is 12.8 Å². The number of aryl methyl sites for hydroxylation is 1. The van der Waals surface area contributed by atoms with E-state index in [-0.39, 0.29) is 12.8 Å². The lowest BCUT2D eigenvalue weighted by Gasteiger charge is -2.33. The maximum absolute atomic E-state index is 13.0. The molecule has 1 aromatic rings. The van der Waals surface area contributed by atoms with Crippen LogP contribution in [0.5, 0.6) is 0 Å². The first kappa shape index (κ1) is 17.3. The topological polar surface area (TPSA) is 95.0 Å². The number of aliphatic hydroxyl groups is 1. The van der Waals surface area contributed by atoms with Crippen LogP contribution in [0, 0.1) is 0 Å². The molecule has 1 unspecified atom stereocenters. The molecule has 2 aliphatic rings. The molecule has 4 amide bonds. The lowest BCUT2D eigenvalue weighted by molar-refractivity contribution is -0.155. The first-order valence-corrected chi connectivity index (χ1v) is 8.43. The van der Waals surface area contributed by atoms with Crippen molar-refractivity contribution in [3.63, 3.8) is 0 Å². The number of carbonyl (C=O) groups excluding carboxylic acids is 4. The van der Waals surface area contributed by atoms with E-state index in [1.54, 1.807) is 6.07 Å². The number of aliphatic hydroxyl groups excluding tert-OH is 1. The van der Waals surface area contributed by atoms with Crippen molar-refractivity contribution in [2.45, 2.75) is 45.6 Å². The summed E-state index contributed by atoms with van der Waals surface area (Å²) in [5.74, 6) is -2.20. The quantitative estimate of drug-likeness (QED) is 0.818. The number of nitrogens with zero attached hydrogens (tertiary/aromatic N) is 2. The van der Waals surface area contributed by atoms with Crippen LogP contribution in [0.2, 0.25) is 0 Å². The third-order valence-corrected chi connectivity index (χ3v) is 4.96. The van der Waals surface area contributed by atoms with E-state index in [9.17, 15) is 24.3 Å². The molecular formula is C18H20N2O5. The lowest BCUT2D eigenvalue weighted by atomic mass is 9.94. The van der Waals surface area contributed by atoms with E-state index in [0.29, 0.717) is 22.4 Å². The van der Waals surface area contributed by atoms with Crippen LogP contribution >= 0.6 is 0 Å². The van der Waals surface area contributed by atoms with E-state index < -0.39 is 36.4 Å². The Balaban J connectivity index is 2.03. The standard InChI is InChI=1S/C18H20N2O5/c1-3-10-5-6-12-15(11(10)4-2)18(25)20(16(12)23)13-7-8-14(22)19(9-21)17(13)24/h5-6,13,21H,3-4,7-9H2,1-2H3. The molecular weight excluding hydrogens is 324 g/mol. The van der Waals surface area contributed by atoms with E-state index in [0.717, 1.165) is 22.4 Å². The van der Waals surface area contributed by atoms with Crippen molar-refractivity contribution < 1.29 is 24.3 Å². The number of hydrogen-bond acceptors (Lipinski definition) is 5. The maximum atomic E-state index is 13.0. The zero-order valence-electron chi connectivity index (χ0n) is 14.2. The molecule has 2 heterocycles. The molecule has 0 aromatic heterocycles. The maximum Gasteiger partial charge on any atom is 0.262 e. The molecule has 1 saturated heterocycles. The zero-order valence-corrected chi connectivity index (χ0v) is 14.2. The van der Waals surface area contributed by atoms with Gasteiger partial charge in [-0.25, -0.2) is 0 Å². The van der Waals surface area contributed by atoms with Gasteiger partial charge in [-0.15, -0.1) is 0 Å². The normalized spacial score (nSPS) is 20.5. The fourth-order valence-electron chi connectivity index (χ4n) is 3.68. The van der Waals surface area contributed by atoms with Crippen molar-refractivity contribution >= 4 is 23.6 Å². The van der Waals surface area contributed by atoms with Crippen molar-refractivity contribution in [1.82, 2.24) is 9.80 Å². The Hall–Kier alpha value is -2.54. The van der Waals surface area contributed by atoms with E-state index in [4.69, 9.17) is 0 Å². The lowest BCUT2D eigenvalue weighted by Crippen LogP contribution is -2.56. The molecule has 3 rings (SSSR count). The number of piperidine rings is 1. The highest BCUT2D eigenvalue weighted by Gasteiger charge is 2.47. The van der Waals surface area contributed by atoms with Crippen LogP contribution in [0.4, 0.5) is 0 Å². The van der Waals surface area contributed by atoms with Crippen LogP contribution in [-0.2, 0) is 22.4 Å². The first-order valence-electron chi connectivity index (χ1n) is 8.43. The predicted molar refractivity (Wildman–Crippen MR) is 87.7 cm³/mol. The van der Waals surface area contributed by atoms with Gasteiger partial charge in [0.25, 0.3) is 17.7 Å². The Morgan fingerprint density at radius 3 is 2.40 bits per heavy atom. The summed E-state index contributed by atoms with van der Waals surface area (Å²) >= 11 is 0. The predicted octanol–water partition coefficient (Wildman–Crippen LogP) is 0.875. The molecule has 1 aromatic carbocycles. The third kappa shape index (κ3) is 2.46. The number of amides is 4. The molecule has 0 spiro atoms. The second kappa shape index (κ2) is 6.40. The molecule has 1 atom stereocenters. The highest BCUT2D eigenvalue weighted by Crippen LogP contribution is 2.33. The number of carbonyl (C=O) groups is 4. The highest BCUT2D eigenvalue weighted by atomic mass is 16.3. The van der Waals surface area contributed by atoms with Gasteiger partial charge in [-0.1, -0.05) is 19.9 Å². The summed E-state index contributed by atoms with van der Waals surface area (Å²) in [5.41, 5.74) is 2.51. The average molecular weight is 344 g/mol. The van der Waals surface area contributed by atoms with Gasteiger partial charge >= 0.3 is 0 Å². The van der Waals surface area contributed by atoms with Gasteiger partial charge in [0.15, 0.2) is 0 Å². The van der Waals surface area contributed by atoms with Crippen molar-refractivity contribution in [1.29, 1.82) is 0 Å². The zero-order chi connectivity index (χ0) is 18.3. The van der Waals surface area contributed by atoms with Crippen molar-refractivity contribution in [3.05, 3.63) is 34.4 Å². The molecule has 2 aliphatic heterocycles. The Labute approximate surface area is 145 Å². The van der Waals surface area contributed by atoms with Crippen LogP contribution in [0.15, 0.2) is 12.1 Å². The molecule has 25 heavy (non-hydrogen) atoms. The number of fused-ring (bicyclic) bond motifs is 1. The summed E-state index contributed by atoms with van der Waals surface area (Å²) in [6.07, 6.45) is 1.44. The van der Waals surface area contributed by atoms with Crippen LogP contribution < -0.4 is 0 Å². The molecule has 1 N–H and O–H groups in total. The molecule has 0 radical (unpaired) electrons. The van der Waals surface area contributed by atoms with Gasteiger partial charge in [0, 0.05) is 6.42 Å². The first-order chi connectivity index (χ1) is 12.0. The molecule has 0 saturated carbocycles. The third-order valence-electron chi connectivity index (χ3n) is 4.96. The smallest absolute Gasteiger partial charge is 0.262 e. The Morgan fingerprint density at radius 1 is 1.08 bits per heavy atom. The number of likely N-dealkylation sites (tertiary alicyclic amines) is 1. The number of rotatable bonds is 4. The SMILES string of the molecule is CCc1ccc2c(c1CC)C(=O)N(C1CCC(=O)N(CO)C1=O)C2=O. The minimum atomic E-state index is -1.05. The Kier molecular flexibility index (Phi) is 4.43. The summed E-state index contributed by atoms with van der Waals surface area (Å²) < 4.78 is 0. The summed E-state index contributed by atoms with van der Waals surface area (Å²) in [6.45, 7) is 3.15. The Bertz CT molecular complexity index is 786. The summed E-state index contributed by atoms with van der Waals surface area (Å²) in [6, 6.07) is 2.43. The van der Waals surface area contributed by atoms with Crippen LogP contribution in [-0.4, -0.2) is 51.3 Å². The molecule has 132 valence electrons. The minimum absolute atomic E-state index is 0.00518. The molecule has 7 heteroatoms. The van der Waals surface area contributed by atoms with Crippen molar-refractivity contribution in [3.8, 4) is 0 Å². The summed E-state index contributed by atoms with van der Waals surface area (Å²) in [5, 5.41) is 9.24. The van der Waals surface area contributed by atoms with E-state index in [1.807, 2.05) is 19.9 Å². The largest absolute Gasteiger partial charge is 0.376 e. The van der Waals surface area contributed by atoms with Gasteiger partial charge < -0.3 is 5.11 Å². The van der Waals surface area contributed by atoms with E-state index in [2.05, 4.69) is 0 Å². The second-order valence-electron chi connectivity index (χ2n) is 6.17. The fourth-order valence-corrected chi connectivity index (χ4v) is 3.68. The van der Waals surface area contributed by atoms with Crippen LogP contribution in [0.25, 0.3) is 0 Å². The van der Waals surface area contributed by atoms with Crippen molar-refractivity contribution in [2.24, 2.45) is 0 Å². The number of hydrogen-bond donors (Lipinski definition) is 1. The van der Waals surface area contributed by atoms with E-state index >= 15 is 0 Å². The van der Waals surface area contributed by atoms with Crippen LogP contribution in [0.3, 0.4) is 0 Å². The van der Waals surface area contributed by atoms with Gasteiger partial charge in [-0.2, -0.15) is 0 Å². The monoisotopic (exact) mass is 344 g/mol. The van der Waals surface area contributed by atoms with Gasteiger partial charge in [0.2, 0.25) is 5.91 Å². The van der Waals surface area contributed by atoms with Crippen molar-refractivity contribution in [2.75, 3.05) is 6.73 Å². The highest BCUT2D eigenvalue weighted by molar-refractivity contribution is 6.24. The summed E-state index contributed by atoms with van der Waals surface area (Å²) in [4.78, 5) is 51.6.